The summed E-state index contributed by atoms with van der Waals surface area (Å²) in [5, 5.41) is 36.0. The van der Waals surface area contributed by atoms with Gasteiger partial charge in [-0.2, -0.15) is 0 Å². The number of carbonyl (C=O) groups excluding carboxylic acids is 4. The fourth-order valence-electron chi connectivity index (χ4n) is 6.48. The van der Waals surface area contributed by atoms with Gasteiger partial charge in [0.25, 0.3) is 0 Å². The summed E-state index contributed by atoms with van der Waals surface area (Å²) in [6, 6.07) is 15.9. The molecule has 472 valence electrons. The summed E-state index contributed by atoms with van der Waals surface area (Å²) >= 11 is 17.6. The SMILES string of the molecule is C=CCOC(=O)C(Cc1ccc(OP(=O)(Cl)N(C)CCCCCl)cc1)NC(=O)OC(C)(C)C.C=CCOC(=O)C(Cc1ccc(OP(=O)(OCc2ccc([N+](=O)[O-])o2)N(C)CCCCCl)cc1)NC(=O)OC(C)(C)C.O=[N+]([O-])c1ccc(C[O-])o1.[Li+]. The molecule has 26 nitrogen and oxygen atoms in total. The molecule has 2 aromatic heterocycles. The number of furan rings is 2. The summed E-state index contributed by atoms with van der Waals surface area (Å²) in [6.07, 6.45) is 4.38. The molecule has 2 N–H and O–H groups in total. The normalized spacial score (nSPS) is 13.2. The van der Waals surface area contributed by atoms with Crippen molar-refractivity contribution in [3.05, 3.63) is 141 Å². The number of hydrogen-bond acceptors (Lipinski definition) is 20. The van der Waals surface area contributed by atoms with Crippen molar-refractivity contribution in [2.45, 2.75) is 117 Å². The van der Waals surface area contributed by atoms with E-state index < -0.39 is 84.4 Å². The van der Waals surface area contributed by atoms with Crippen LogP contribution in [0.2, 0.25) is 0 Å². The molecule has 2 heterocycles. The van der Waals surface area contributed by atoms with E-state index >= 15 is 0 Å². The monoisotopic (exact) mass is 1300 g/mol. The number of halogens is 3. The third-order valence-electron chi connectivity index (χ3n) is 10.5. The molecule has 86 heavy (non-hydrogen) atoms. The maximum Gasteiger partial charge on any atom is 1.00 e. The summed E-state index contributed by atoms with van der Waals surface area (Å²) < 4.78 is 76.6. The van der Waals surface area contributed by atoms with E-state index in [1.807, 2.05) is 0 Å². The first-order chi connectivity index (χ1) is 39.9. The van der Waals surface area contributed by atoms with Gasteiger partial charge in [-0.05, 0) is 129 Å². The summed E-state index contributed by atoms with van der Waals surface area (Å²) in [5.74, 6) is -0.492. The largest absolute Gasteiger partial charge is 1.00 e. The summed E-state index contributed by atoms with van der Waals surface area (Å²) in [6.45, 7) is 13.7. The van der Waals surface area contributed by atoms with Gasteiger partial charge in [0.1, 0.15) is 70.2 Å². The van der Waals surface area contributed by atoms with Gasteiger partial charge in [0.2, 0.25) is 0 Å². The van der Waals surface area contributed by atoms with Crippen LogP contribution in [0.4, 0.5) is 21.4 Å². The molecule has 0 fully saturated rings. The van der Waals surface area contributed by atoms with Gasteiger partial charge in [-0.15, -0.1) is 23.2 Å². The van der Waals surface area contributed by atoms with Gasteiger partial charge in [-0.1, -0.05) is 56.2 Å². The molecule has 4 aromatic rings. The van der Waals surface area contributed by atoms with E-state index in [0.29, 0.717) is 54.6 Å². The Morgan fingerprint density at radius 2 is 1.05 bits per heavy atom. The molecule has 0 saturated heterocycles. The number of alkyl halides is 2. The predicted octanol–water partition coefficient (Wildman–Crippen LogP) is 8.59. The Labute approximate surface area is 526 Å². The zero-order valence-electron chi connectivity index (χ0n) is 49.5. The van der Waals surface area contributed by atoms with E-state index in [1.54, 1.807) is 92.0 Å². The van der Waals surface area contributed by atoms with Crippen LogP contribution in [0.15, 0.2) is 107 Å². The van der Waals surface area contributed by atoms with Crippen molar-refractivity contribution in [1.29, 1.82) is 0 Å². The van der Waals surface area contributed by atoms with Crippen LogP contribution in [0.3, 0.4) is 0 Å². The molecule has 0 aliphatic carbocycles. The first kappa shape index (κ1) is 78.1. The molecule has 0 bridgehead atoms. The molecule has 2 aromatic carbocycles. The molecule has 0 aliphatic rings. The number of unbranched alkanes of at least 4 members (excludes halogenated alkanes) is 2. The second-order valence-corrected chi connectivity index (χ2v) is 25.9. The van der Waals surface area contributed by atoms with Crippen molar-refractivity contribution < 1.29 is 103 Å². The molecule has 0 saturated carbocycles. The van der Waals surface area contributed by atoms with Gasteiger partial charge in [0, 0.05) is 48.9 Å². The molecular formula is C54H74Cl3LiN6O20P2. The fraction of sp³-hybridized carbons (Fsp3) is 0.481. The van der Waals surface area contributed by atoms with Crippen molar-refractivity contribution in [3.63, 3.8) is 0 Å². The molecule has 0 spiro atoms. The number of nitrogens with zero attached hydrogens (tertiary/aromatic N) is 4. The predicted molar refractivity (Wildman–Crippen MR) is 316 cm³/mol. The molecule has 4 atom stereocenters. The molecular weight excluding hydrogens is 1230 g/mol. The van der Waals surface area contributed by atoms with E-state index in [4.69, 9.17) is 71.4 Å². The van der Waals surface area contributed by atoms with E-state index in [-0.39, 0.29) is 74.7 Å². The van der Waals surface area contributed by atoms with Crippen molar-refractivity contribution in [2.75, 3.05) is 52.2 Å². The van der Waals surface area contributed by atoms with Gasteiger partial charge in [0.05, 0.1) is 17.9 Å². The van der Waals surface area contributed by atoms with Crippen LogP contribution in [-0.4, -0.2) is 119 Å². The number of esters is 2. The van der Waals surface area contributed by atoms with Crippen molar-refractivity contribution in [2.24, 2.45) is 0 Å². The molecule has 0 aliphatic heterocycles. The maximum atomic E-state index is 13.8. The second-order valence-electron chi connectivity index (χ2n) is 20.0. The van der Waals surface area contributed by atoms with Gasteiger partial charge < -0.3 is 52.6 Å². The van der Waals surface area contributed by atoms with Crippen LogP contribution in [0.5, 0.6) is 11.5 Å². The number of nitrogens with one attached hydrogen (secondary N) is 2. The fourth-order valence-corrected chi connectivity index (χ4v) is 9.68. The molecule has 4 rings (SSSR count). The van der Waals surface area contributed by atoms with E-state index in [0.717, 1.165) is 18.9 Å². The smallest absolute Gasteiger partial charge is 0.849 e. The van der Waals surface area contributed by atoms with Crippen molar-refractivity contribution >= 4 is 85.0 Å². The standard InChI is InChI=1S/C27H37ClN3O10P.C22H33Cl2N2O6P.C5H4NO4.Li/c1-6-17-37-25(32)23(29-26(33)40-27(2,3)4)18-20-9-11-21(12-10-20)41-42(36,30(5)16-8-7-15-28)38-19-22-13-14-24(39-22)31(34)35;1-6-15-30-20(27)19(25-21(28)31-22(2,3)4)16-17-9-11-18(12-10-17)32-33(24,29)26(5)14-8-7-13-23;7-3-4-1-2-5(10-4)6(8)9;/h6,9-14,23H,1,7-8,15-19H2,2-5H3,(H,29,33);6,9-12,19H,1,7-8,13-16H2,2-5H3,(H,25,28);1-2H,3H2;/q;;-1;+1. The van der Waals surface area contributed by atoms with Crippen LogP contribution >= 0.6 is 49.1 Å². The van der Waals surface area contributed by atoms with Crippen LogP contribution in [-0.2, 0) is 68.2 Å². The van der Waals surface area contributed by atoms with Crippen LogP contribution in [0.1, 0.15) is 89.9 Å². The zero-order valence-corrected chi connectivity index (χ0v) is 53.6. The van der Waals surface area contributed by atoms with Crippen LogP contribution in [0, 0.1) is 20.2 Å². The van der Waals surface area contributed by atoms with Gasteiger partial charge in [-0.3, -0.25) is 24.8 Å². The van der Waals surface area contributed by atoms with E-state index in [2.05, 4.69) is 28.2 Å². The number of carbonyl (C=O) groups is 4. The quantitative estimate of drug-likeness (QED) is 0.00532. The first-order valence-electron chi connectivity index (χ1n) is 26.1. The third-order valence-corrected chi connectivity index (χ3v) is 15.4. The van der Waals surface area contributed by atoms with Crippen LogP contribution in [0.25, 0.3) is 0 Å². The van der Waals surface area contributed by atoms with Gasteiger partial charge >= 0.3 is 69.4 Å². The molecule has 0 radical (unpaired) electrons. The number of hydrogen-bond donors (Lipinski definition) is 2. The first-order valence-corrected chi connectivity index (χ1v) is 31.2. The number of amides is 2. The van der Waals surface area contributed by atoms with Crippen molar-refractivity contribution in [3.8, 4) is 11.5 Å². The Kier molecular flexibility index (Phi) is 35.5. The number of nitro groups is 2. The second kappa shape index (κ2) is 39.1. The number of benzene rings is 2. The Bertz CT molecular complexity index is 2870. The average Bonchev–Trinajstić information content (AvgIpc) is 2.48. The Hall–Kier alpha value is -5.87. The Morgan fingerprint density at radius 1 is 0.651 bits per heavy atom. The zero-order chi connectivity index (χ0) is 64.0. The maximum absolute atomic E-state index is 13.8. The number of alkyl carbamates (subject to hydrolysis) is 2. The van der Waals surface area contributed by atoms with E-state index in [1.165, 1.54) is 51.8 Å². The minimum absolute atomic E-state index is 0. The molecule has 4 unspecified atom stereocenters. The number of ether oxygens (including phenoxy) is 4. The Morgan fingerprint density at radius 3 is 1.41 bits per heavy atom. The minimum atomic E-state index is -3.96. The average molecular weight is 1300 g/mol. The van der Waals surface area contributed by atoms with E-state index in [9.17, 15) is 53.6 Å². The van der Waals surface area contributed by atoms with Crippen LogP contribution < -0.4 is 43.6 Å². The number of rotatable bonds is 32. The molecule has 32 heteroatoms. The Balaban J connectivity index is 0.000000745. The van der Waals surface area contributed by atoms with Gasteiger partial charge in [0.15, 0.2) is 0 Å². The molecule has 2 amide bonds. The summed E-state index contributed by atoms with van der Waals surface area (Å²) in [5.41, 5.74) is -0.144. The van der Waals surface area contributed by atoms with Gasteiger partial charge in [-0.25, -0.2) is 37.6 Å². The minimum Gasteiger partial charge on any atom is -0.849 e. The van der Waals surface area contributed by atoms with Crippen molar-refractivity contribution in [1.82, 2.24) is 20.0 Å². The summed E-state index contributed by atoms with van der Waals surface area (Å²) in [4.78, 5) is 69.0. The third kappa shape index (κ3) is 31.2. The topological polar surface area (TPSA) is 333 Å². The summed E-state index contributed by atoms with van der Waals surface area (Å²) in [7, 11) is -0.771.